The maximum absolute atomic E-state index is 5.51. The van der Waals surface area contributed by atoms with E-state index in [1.54, 1.807) is 7.11 Å². The first-order chi connectivity index (χ1) is 13.2. The number of halogens is 1. The smallest absolute Gasteiger partial charge is 0.191 e. The molecule has 2 N–H and O–H groups in total. The van der Waals surface area contributed by atoms with Crippen molar-refractivity contribution >= 4 is 35.6 Å². The fraction of sp³-hybridized carbons (Fsp3) is 0.667. The molecule has 0 radical (unpaired) electrons. The number of rotatable bonds is 10. The lowest BCUT2D eigenvalue weighted by Gasteiger charge is -2.22. The number of methoxy groups -OCH3 is 1. The van der Waals surface area contributed by atoms with Gasteiger partial charge in [-0.05, 0) is 51.5 Å². The summed E-state index contributed by atoms with van der Waals surface area (Å²) in [5, 5.41) is 7.00. The number of anilines is 1. The van der Waals surface area contributed by atoms with E-state index in [0.717, 1.165) is 70.4 Å². The molecule has 1 unspecified atom stereocenters. The van der Waals surface area contributed by atoms with Crippen molar-refractivity contribution in [3.05, 3.63) is 24.3 Å². The second kappa shape index (κ2) is 13.9. The minimum absolute atomic E-state index is 0. The topological polar surface area (TPSA) is 52.1 Å². The monoisotopic (exact) mass is 503 g/mol. The number of hydrogen-bond donors (Lipinski definition) is 2. The average molecular weight is 503 g/mol. The molecular formula is C21H38IN5O. The van der Waals surface area contributed by atoms with Crippen LogP contribution in [-0.2, 0) is 0 Å². The van der Waals surface area contributed by atoms with E-state index in [1.807, 2.05) is 12.1 Å². The summed E-state index contributed by atoms with van der Waals surface area (Å²) in [7, 11) is 1.73. The largest absolute Gasteiger partial charge is 0.495 e. The van der Waals surface area contributed by atoms with Crippen LogP contribution in [0.3, 0.4) is 0 Å². The third-order valence-electron chi connectivity index (χ3n) is 5.10. The first-order valence-corrected chi connectivity index (χ1v) is 10.4. The van der Waals surface area contributed by atoms with Crippen molar-refractivity contribution in [1.29, 1.82) is 0 Å². The van der Waals surface area contributed by atoms with Crippen molar-refractivity contribution in [2.24, 2.45) is 4.99 Å². The predicted octanol–water partition coefficient (Wildman–Crippen LogP) is 3.18. The van der Waals surface area contributed by atoms with Gasteiger partial charge in [-0.25, -0.2) is 0 Å². The molecule has 1 saturated heterocycles. The highest BCUT2D eigenvalue weighted by Gasteiger charge is 2.25. The van der Waals surface area contributed by atoms with Gasteiger partial charge in [0.25, 0.3) is 0 Å². The van der Waals surface area contributed by atoms with Crippen molar-refractivity contribution in [3.63, 3.8) is 0 Å². The van der Waals surface area contributed by atoms with Crippen LogP contribution in [0.25, 0.3) is 0 Å². The Hall–Kier alpha value is -1.22. The lowest BCUT2D eigenvalue weighted by molar-refractivity contribution is 0.302. The number of benzene rings is 1. The highest BCUT2D eigenvalue weighted by atomic mass is 127. The molecule has 6 nitrogen and oxygen atoms in total. The zero-order chi connectivity index (χ0) is 19.5. The molecule has 1 aromatic carbocycles. The van der Waals surface area contributed by atoms with E-state index >= 15 is 0 Å². The minimum atomic E-state index is 0. The Kier molecular flexibility index (Phi) is 12.3. The summed E-state index contributed by atoms with van der Waals surface area (Å²) in [6.07, 6.45) is 2.19. The van der Waals surface area contributed by atoms with Crippen molar-refractivity contribution in [2.45, 2.75) is 39.7 Å². The zero-order valence-electron chi connectivity index (χ0n) is 17.9. The van der Waals surface area contributed by atoms with E-state index in [2.05, 4.69) is 53.3 Å². The molecule has 1 aliphatic heterocycles. The van der Waals surface area contributed by atoms with Crippen molar-refractivity contribution in [1.82, 2.24) is 15.5 Å². The summed E-state index contributed by atoms with van der Waals surface area (Å²) < 4.78 is 5.51. The van der Waals surface area contributed by atoms with Crippen LogP contribution in [0.1, 0.15) is 33.6 Å². The van der Waals surface area contributed by atoms with Crippen LogP contribution in [0.15, 0.2) is 29.3 Å². The lowest BCUT2D eigenvalue weighted by Crippen LogP contribution is -2.44. The van der Waals surface area contributed by atoms with Gasteiger partial charge in [-0.2, -0.15) is 0 Å². The molecule has 0 bridgehead atoms. The second-order valence-corrected chi connectivity index (χ2v) is 6.89. The van der Waals surface area contributed by atoms with Crippen LogP contribution in [0.5, 0.6) is 5.75 Å². The lowest BCUT2D eigenvalue weighted by atomic mass is 10.2. The number of hydrogen-bond acceptors (Lipinski definition) is 4. The van der Waals surface area contributed by atoms with E-state index < -0.39 is 0 Å². The Morgan fingerprint density at radius 2 is 2.00 bits per heavy atom. The van der Waals surface area contributed by atoms with E-state index in [0.29, 0.717) is 6.04 Å². The van der Waals surface area contributed by atoms with Gasteiger partial charge in [0.1, 0.15) is 5.75 Å². The molecule has 1 heterocycles. The van der Waals surface area contributed by atoms with Crippen LogP contribution in [0.4, 0.5) is 5.69 Å². The molecule has 160 valence electrons. The predicted molar refractivity (Wildman–Crippen MR) is 131 cm³/mol. The van der Waals surface area contributed by atoms with E-state index in [1.165, 1.54) is 5.69 Å². The van der Waals surface area contributed by atoms with Crippen LogP contribution in [-0.4, -0.2) is 69.8 Å². The van der Waals surface area contributed by atoms with Crippen molar-refractivity contribution in [3.8, 4) is 5.75 Å². The molecule has 0 amide bonds. The third-order valence-corrected chi connectivity index (χ3v) is 5.10. The average Bonchev–Trinajstić information content (AvgIpc) is 3.16. The van der Waals surface area contributed by atoms with Crippen molar-refractivity contribution in [2.75, 3.05) is 57.8 Å². The van der Waals surface area contributed by atoms with Crippen LogP contribution in [0, 0.1) is 0 Å². The molecule has 0 aliphatic carbocycles. The molecule has 0 aromatic heterocycles. The van der Waals surface area contributed by atoms with E-state index in [-0.39, 0.29) is 24.0 Å². The molecule has 1 aromatic rings. The highest BCUT2D eigenvalue weighted by molar-refractivity contribution is 14.0. The first-order valence-electron chi connectivity index (χ1n) is 10.4. The standard InChI is InChI=1S/C21H37N5O.HI/c1-5-22-21(23-14-10-15-25(6-2)7-3)24-18-13-16-26(17-18)19-11-8-9-12-20(19)27-4;/h8-9,11-12,18H,5-7,10,13-17H2,1-4H3,(H2,22,23,24);1H. The summed E-state index contributed by atoms with van der Waals surface area (Å²) in [5.41, 5.74) is 1.17. The molecular weight excluding hydrogens is 465 g/mol. The molecule has 0 saturated carbocycles. The normalized spacial score (nSPS) is 16.8. The Bertz CT molecular complexity index is 580. The van der Waals surface area contributed by atoms with Gasteiger partial charge in [-0.1, -0.05) is 26.0 Å². The van der Waals surface area contributed by atoms with E-state index in [4.69, 9.17) is 9.73 Å². The van der Waals surface area contributed by atoms with Gasteiger partial charge in [0.05, 0.1) is 12.8 Å². The number of para-hydroxylation sites is 2. The first kappa shape index (κ1) is 24.8. The Balaban J connectivity index is 0.00000392. The Morgan fingerprint density at radius 3 is 2.68 bits per heavy atom. The Morgan fingerprint density at radius 1 is 1.25 bits per heavy atom. The number of nitrogens with zero attached hydrogens (tertiary/aromatic N) is 3. The van der Waals surface area contributed by atoms with Gasteiger partial charge in [-0.15, -0.1) is 24.0 Å². The maximum Gasteiger partial charge on any atom is 0.191 e. The Labute approximate surface area is 188 Å². The maximum atomic E-state index is 5.51. The van der Waals surface area contributed by atoms with Gasteiger partial charge in [0, 0.05) is 32.2 Å². The SMILES string of the molecule is CCNC(=NCCCN(CC)CC)NC1CCN(c2ccccc2OC)C1.I. The number of guanidine groups is 1. The van der Waals surface area contributed by atoms with Crippen LogP contribution >= 0.6 is 24.0 Å². The number of aliphatic imine (C=N–C) groups is 1. The molecule has 1 atom stereocenters. The quantitative estimate of drug-likeness (QED) is 0.222. The van der Waals surface area contributed by atoms with Crippen molar-refractivity contribution < 1.29 is 4.74 Å². The molecule has 1 aliphatic rings. The summed E-state index contributed by atoms with van der Waals surface area (Å²) in [6.45, 7) is 13.6. The summed E-state index contributed by atoms with van der Waals surface area (Å²) >= 11 is 0. The van der Waals surface area contributed by atoms with Gasteiger partial charge in [0.2, 0.25) is 0 Å². The minimum Gasteiger partial charge on any atom is -0.495 e. The number of ether oxygens (including phenoxy) is 1. The zero-order valence-corrected chi connectivity index (χ0v) is 20.2. The van der Waals surface area contributed by atoms with Gasteiger partial charge >= 0.3 is 0 Å². The van der Waals surface area contributed by atoms with Gasteiger partial charge in [0.15, 0.2) is 5.96 Å². The third kappa shape index (κ3) is 7.66. The number of nitrogens with one attached hydrogen (secondary N) is 2. The molecule has 28 heavy (non-hydrogen) atoms. The fourth-order valence-corrected chi connectivity index (χ4v) is 3.53. The molecule has 2 rings (SSSR count). The molecule has 0 spiro atoms. The summed E-state index contributed by atoms with van der Waals surface area (Å²) in [6, 6.07) is 8.64. The van der Waals surface area contributed by atoms with E-state index in [9.17, 15) is 0 Å². The summed E-state index contributed by atoms with van der Waals surface area (Å²) in [5.74, 6) is 1.87. The van der Waals surface area contributed by atoms with Crippen LogP contribution in [0.2, 0.25) is 0 Å². The fourth-order valence-electron chi connectivity index (χ4n) is 3.53. The molecule has 7 heteroatoms. The van der Waals surface area contributed by atoms with Crippen LogP contribution < -0.4 is 20.3 Å². The second-order valence-electron chi connectivity index (χ2n) is 6.89. The highest BCUT2D eigenvalue weighted by Crippen LogP contribution is 2.30. The van der Waals surface area contributed by atoms with Gasteiger partial charge in [-0.3, -0.25) is 4.99 Å². The molecule has 1 fully saturated rings. The summed E-state index contributed by atoms with van der Waals surface area (Å²) in [4.78, 5) is 9.61. The van der Waals surface area contributed by atoms with Gasteiger partial charge < -0.3 is 25.2 Å².